The molecule has 0 bridgehead atoms. The number of rotatable bonds is 17. The highest BCUT2D eigenvalue weighted by molar-refractivity contribution is 5.70. The Labute approximate surface area is 302 Å². The summed E-state index contributed by atoms with van der Waals surface area (Å²) in [5, 5.41) is 4.21. The van der Waals surface area contributed by atoms with E-state index < -0.39 is 0 Å². The van der Waals surface area contributed by atoms with Crippen LogP contribution in [-0.2, 0) is 42.0 Å². The maximum atomic E-state index is 12.8. The maximum absolute atomic E-state index is 12.8. The van der Waals surface area contributed by atoms with Gasteiger partial charge in [0.05, 0.1) is 13.2 Å². The van der Waals surface area contributed by atoms with Crippen molar-refractivity contribution >= 4 is 11.9 Å². The second-order valence-electron chi connectivity index (χ2n) is 17.0. The Hall–Kier alpha value is -2.78. The minimum Gasteiger partial charge on any atom is -0.462 e. The van der Waals surface area contributed by atoms with Crippen LogP contribution < -0.4 is 0 Å². The van der Waals surface area contributed by atoms with Crippen molar-refractivity contribution in [3.8, 4) is 0 Å². The molecule has 0 aromatic heterocycles. The number of esters is 2. The topological polar surface area (TPSA) is 77.5 Å². The average molecular weight is 693 g/mol. The Morgan fingerprint density at radius 2 is 0.820 bits per heavy atom. The molecular formula is C42H64N2O6. The van der Waals surface area contributed by atoms with Gasteiger partial charge in [-0.25, -0.2) is 0 Å². The van der Waals surface area contributed by atoms with E-state index in [1.807, 2.05) is 36.4 Å². The normalized spacial score (nSPS) is 20.7. The second-order valence-corrected chi connectivity index (χ2v) is 17.0. The lowest BCUT2D eigenvalue weighted by Crippen LogP contribution is -2.61. The molecule has 0 amide bonds. The van der Waals surface area contributed by atoms with Crippen molar-refractivity contribution in [3.63, 3.8) is 0 Å². The zero-order valence-corrected chi connectivity index (χ0v) is 32.2. The smallest absolute Gasteiger partial charge is 0.306 e. The molecule has 0 aliphatic carbocycles. The number of hydroxylamine groups is 4. The van der Waals surface area contributed by atoms with Crippen LogP contribution in [-0.4, -0.2) is 56.4 Å². The first kappa shape index (κ1) is 40.0. The fourth-order valence-corrected chi connectivity index (χ4v) is 8.37. The summed E-state index contributed by atoms with van der Waals surface area (Å²) in [6, 6.07) is 20.4. The van der Waals surface area contributed by atoms with E-state index in [0.29, 0.717) is 26.1 Å². The molecule has 0 spiro atoms. The molecule has 2 aliphatic heterocycles. The molecule has 0 unspecified atom stereocenters. The molecule has 8 heteroatoms. The number of carbonyl (C=O) groups is 2. The molecule has 50 heavy (non-hydrogen) atoms. The predicted molar refractivity (Wildman–Crippen MR) is 198 cm³/mol. The van der Waals surface area contributed by atoms with Gasteiger partial charge in [0, 0.05) is 60.7 Å². The molecule has 8 nitrogen and oxygen atoms in total. The van der Waals surface area contributed by atoms with Gasteiger partial charge in [0.2, 0.25) is 0 Å². The van der Waals surface area contributed by atoms with Crippen molar-refractivity contribution in [1.82, 2.24) is 10.1 Å². The molecule has 0 N–H and O–H groups in total. The second kappa shape index (κ2) is 17.6. The van der Waals surface area contributed by atoms with Crippen molar-refractivity contribution in [3.05, 3.63) is 71.8 Å². The van der Waals surface area contributed by atoms with Crippen LogP contribution in [0.4, 0.5) is 0 Å². The van der Waals surface area contributed by atoms with Gasteiger partial charge in [0.1, 0.15) is 12.2 Å². The van der Waals surface area contributed by atoms with Gasteiger partial charge >= 0.3 is 11.9 Å². The van der Waals surface area contributed by atoms with E-state index in [2.05, 4.69) is 89.8 Å². The van der Waals surface area contributed by atoms with Gasteiger partial charge in [-0.05, 0) is 79.4 Å². The lowest BCUT2D eigenvalue weighted by Gasteiger charge is -2.53. The van der Waals surface area contributed by atoms with Crippen LogP contribution in [0.15, 0.2) is 60.7 Å². The molecule has 278 valence electrons. The first-order chi connectivity index (χ1) is 23.6. The summed E-state index contributed by atoms with van der Waals surface area (Å²) >= 11 is 0. The number of piperidine rings is 2. The summed E-state index contributed by atoms with van der Waals surface area (Å²) in [5.74, 6) is -0.217. The molecule has 2 aromatic carbocycles. The van der Waals surface area contributed by atoms with E-state index in [1.54, 1.807) is 0 Å². The van der Waals surface area contributed by atoms with Gasteiger partial charge in [-0.1, -0.05) is 86.3 Å². The van der Waals surface area contributed by atoms with Crippen molar-refractivity contribution < 1.29 is 28.7 Å². The first-order valence-electron chi connectivity index (χ1n) is 18.9. The van der Waals surface area contributed by atoms with Crippen LogP contribution in [0, 0.1) is 0 Å². The highest BCUT2D eigenvalue weighted by atomic mass is 16.7. The van der Waals surface area contributed by atoms with Crippen molar-refractivity contribution in [1.29, 1.82) is 0 Å². The van der Waals surface area contributed by atoms with Crippen molar-refractivity contribution in [2.45, 2.75) is 180 Å². The van der Waals surface area contributed by atoms with Crippen LogP contribution >= 0.6 is 0 Å². The summed E-state index contributed by atoms with van der Waals surface area (Å²) in [5.41, 5.74) is 1.20. The summed E-state index contributed by atoms with van der Waals surface area (Å²) in [6.07, 6.45) is 9.28. The van der Waals surface area contributed by atoms with E-state index in [0.717, 1.165) is 75.3 Å². The maximum Gasteiger partial charge on any atom is 0.306 e. The van der Waals surface area contributed by atoms with Gasteiger partial charge in [-0.2, -0.15) is 10.1 Å². The van der Waals surface area contributed by atoms with E-state index in [9.17, 15) is 9.59 Å². The van der Waals surface area contributed by atoms with Crippen LogP contribution in [0.3, 0.4) is 0 Å². The van der Waals surface area contributed by atoms with Crippen LogP contribution in [0.1, 0.15) is 144 Å². The van der Waals surface area contributed by atoms with E-state index in [4.69, 9.17) is 19.1 Å². The molecule has 4 rings (SSSR count). The van der Waals surface area contributed by atoms with E-state index in [-0.39, 0.29) is 46.3 Å². The summed E-state index contributed by atoms with van der Waals surface area (Å²) < 4.78 is 12.0. The Balaban J connectivity index is 1.06. The molecule has 2 saturated heterocycles. The molecule has 2 aromatic rings. The van der Waals surface area contributed by atoms with Gasteiger partial charge < -0.3 is 9.47 Å². The fraction of sp³-hybridized carbons (Fsp3) is 0.667. The van der Waals surface area contributed by atoms with Crippen molar-refractivity contribution in [2.75, 3.05) is 0 Å². The predicted octanol–water partition coefficient (Wildman–Crippen LogP) is 9.50. The Bertz CT molecular complexity index is 1200. The zero-order chi connectivity index (χ0) is 36.4. The van der Waals surface area contributed by atoms with E-state index >= 15 is 0 Å². The Morgan fingerprint density at radius 1 is 0.520 bits per heavy atom. The Kier molecular flexibility index (Phi) is 14.1. The highest BCUT2D eigenvalue weighted by Gasteiger charge is 2.49. The minimum absolute atomic E-state index is 0.108. The van der Waals surface area contributed by atoms with E-state index in [1.165, 1.54) is 0 Å². The lowest BCUT2D eigenvalue weighted by molar-refractivity contribution is -0.300. The summed E-state index contributed by atoms with van der Waals surface area (Å²) in [4.78, 5) is 38.2. The largest absolute Gasteiger partial charge is 0.462 e. The van der Waals surface area contributed by atoms with Gasteiger partial charge in [0.25, 0.3) is 0 Å². The van der Waals surface area contributed by atoms with Crippen molar-refractivity contribution in [2.24, 2.45) is 0 Å². The number of hydrogen-bond acceptors (Lipinski definition) is 8. The number of unbranched alkanes of at least 4 members (excludes halogenated alkanes) is 5. The number of carbonyl (C=O) groups excluding carboxylic acids is 2. The number of ether oxygens (including phenoxy) is 2. The molecular weight excluding hydrogens is 628 g/mol. The SMILES string of the molecule is CC1(C)CC(OC(=O)CCCCCCCCC(=O)OC2CC(C)(C)N(OCc3ccccc3)C(C)(C)C2)CC(C)(C)N1OCc1ccccc1. The lowest BCUT2D eigenvalue weighted by atomic mass is 9.80. The number of benzene rings is 2. The average Bonchev–Trinajstić information content (AvgIpc) is 3.01. The van der Waals surface area contributed by atoms with Gasteiger partial charge in [0.15, 0.2) is 0 Å². The minimum atomic E-state index is -0.268. The summed E-state index contributed by atoms with van der Waals surface area (Å²) in [6.45, 7) is 18.3. The third-order valence-electron chi connectivity index (χ3n) is 10.1. The third kappa shape index (κ3) is 11.9. The molecule has 2 heterocycles. The van der Waals surface area contributed by atoms with Gasteiger partial charge in [-0.15, -0.1) is 0 Å². The standard InChI is InChI=1S/C42H64N2O6/c1-39(2)27-35(28-40(3,4)43(39)47-31-33-21-15-13-16-22-33)49-37(45)25-19-11-9-10-12-20-26-38(46)50-36-29-41(5,6)44(42(7,8)30-36)48-32-34-23-17-14-18-24-34/h13-18,21-24,35-36H,9-12,19-20,25-32H2,1-8H3. The quantitative estimate of drug-likeness (QED) is 0.120. The fourth-order valence-electron chi connectivity index (χ4n) is 8.37. The van der Waals surface area contributed by atoms with Crippen LogP contribution in [0.5, 0.6) is 0 Å². The number of hydrogen-bond donors (Lipinski definition) is 0. The Morgan fingerprint density at radius 3 is 1.14 bits per heavy atom. The first-order valence-corrected chi connectivity index (χ1v) is 18.9. The third-order valence-corrected chi connectivity index (χ3v) is 10.1. The summed E-state index contributed by atoms with van der Waals surface area (Å²) in [7, 11) is 0. The molecule has 0 saturated carbocycles. The molecule has 0 atom stereocenters. The molecule has 2 aliphatic rings. The highest BCUT2D eigenvalue weighted by Crippen LogP contribution is 2.41. The molecule has 2 fully saturated rings. The van der Waals surface area contributed by atoms with Crippen LogP contribution in [0.25, 0.3) is 0 Å². The van der Waals surface area contributed by atoms with Crippen LogP contribution in [0.2, 0.25) is 0 Å². The van der Waals surface area contributed by atoms with Gasteiger partial charge in [-0.3, -0.25) is 19.3 Å². The monoisotopic (exact) mass is 692 g/mol. The number of nitrogens with zero attached hydrogens (tertiary/aromatic N) is 2. The zero-order valence-electron chi connectivity index (χ0n) is 32.2. The molecule has 0 radical (unpaired) electrons.